The van der Waals surface area contributed by atoms with Gasteiger partial charge in [-0.3, -0.25) is 9.59 Å². The lowest BCUT2D eigenvalue weighted by atomic mass is 10.1. The van der Waals surface area contributed by atoms with Gasteiger partial charge in [-0.2, -0.15) is 0 Å². The smallest absolute Gasteiger partial charge is 0.243 e. The molecule has 0 spiro atoms. The Labute approximate surface area is 139 Å². The van der Waals surface area contributed by atoms with Crippen LogP contribution < -0.4 is 10.1 Å². The summed E-state index contributed by atoms with van der Waals surface area (Å²) < 4.78 is 6.23. The van der Waals surface area contributed by atoms with E-state index in [1.165, 1.54) is 0 Å². The van der Waals surface area contributed by atoms with Crippen LogP contribution >= 0.6 is 15.9 Å². The molecule has 1 saturated heterocycles. The van der Waals surface area contributed by atoms with Crippen LogP contribution in [0.4, 0.5) is 0 Å². The van der Waals surface area contributed by atoms with Crippen molar-refractivity contribution in [2.75, 3.05) is 7.11 Å². The minimum absolute atomic E-state index is 0.0335. The molecule has 0 aliphatic carbocycles. The predicted octanol–water partition coefficient (Wildman–Crippen LogP) is 2.47. The van der Waals surface area contributed by atoms with Crippen molar-refractivity contribution in [2.45, 2.75) is 45.3 Å². The van der Waals surface area contributed by atoms with E-state index in [9.17, 15) is 9.59 Å². The number of nitrogens with one attached hydrogen (secondary N) is 1. The number of hydrogen-bond donors (Lipinski definition) is 1. The Hall–Kier alpha value is -1.56. The summed E-state index contributed by atoms with van der Waals surface area (Å²) in [4.78, 5) is 25.9. The van der Waals surface area contributed by atoms with Gasteiger partial charge >= 0.3 is 0 Å². The lowest BCUT2D eigenvalue weighted by molar-refractivity contribution is -0.137. The van der Waals surface area contributed by atoms with Gasteiger partial charge in [0.25, 0.3) is 0 Å². The Morgan fingerprint density at radius 3 is 2.86 bits per heavy atom. The Bertz CT molecular complexity index is 575. The lowest BCUT2D eigenvalue weighted by Gasteiger charge is -2.27. The molecule has 1 aliphatic heterocycles. The summed E-state index contributed by atoms with van der Waals surface area (Å²) in [6.45, 7) is 4.24. The van der Waals surface area contributed by atoms with Gasteiger partial charge in [0.1, 0.15) is 11.8 Å². The number of halogens is 1. The number of ether oxygens (including phenoxy) is 1. The average Bonchev–Trinajstić information content (AvgIpc) is 2.87. The number of methoxy groups -OCH3 is 1. The molecule has 2 amide bonds. The number of benzene rings is 1. The topological polar surface area (TPSA) is 58.6 Å². The Balaban J connectivity index is 2.04. The number of hydrogen-bond acceptors (Lipinski definition) is 3. The summed E-state index contributed by atoms with van der Waals surface area (Å²) in [7, 11) is 1.60. The molecule has 1 aliphatic rings. The molecule has 6 heteroatoms. The SMILES string of the molecule is COc1ccc(Br)cc1CNC(=O)[C@H]1CCC(=O)N1C(C)C. The van der Waals surface area contributed by atoms with E-state index in [0.717, 1.165) is 15.8 Å². The number of rotatable bonds is 5. The fourth-order valence-electron chi connectivity index (χ4n) is 2.79. The molecule has 0 unspecified atom stereocenters. The molecular formula is C16H21BrN2O3. The van der Waals surface area contributed by atoms with Crippen LogP contribution in [0.2, 0.25) is 0 Å². The van der Waals surface area contributed by atoms with Crippen LogP contribution in [0.5, 0.6) is 5.75 Å². The van der Waals surface area contributed by atoms with Gasteiger partial charge < -0.3 is 15.0 Å². The van der Waals surface area contributed by atoms with Crippen LogP contribution in [-0.4, -0.2) is 35.9 Å². The summed E-state index contributed by atoms with van der Waals surface area (Å²) in [5.41, 5.74) is 0.894. The van der Waals surface area contributed by atoms with Crippen LogP contribution in [-0.2, 0) is 16.1 Å². The molecular weight excluding hydrogens is 348 g/mol. The fraction of sp³-hybridized carbons (Fsp3) is 0.500. The first kappa shape index (κ1) is 16.8. The zero-order valence-corrected chi connectivity index (χ0v) is 14.6. The molecule has 120 valence electrons. The molecule has 1 aromatic carbocycles. The highest BCUT2D eigenvalue weighted by Crippen LogP contribution is 2.24. The van der Waals surface area contributed by atoms with Crippen molar-refractivity contribution in [3.8, 4) is 5.75 Å². The number of carbonyl (C=O) groups is 2. The quantitative estimate of drug-likeness (QED) is 0.868. The highest BCUT2D eigenvalue weighted by Gasteiger charge is 2.37. The fourth-order valence-corrected chi connectivity index (χ4v) is 3.20. The van der Waals surface area contributed by atoms with Crippen molar-refractivity contribution in [2.24, 2.45) is 0 Å². The van der Waals surface area contributed by atoms with Gasteiger partial charge in [-0.15, -0.1) is 0 Å². The maximum absolute atomic E-state index is 12.4. The van der Waals surface area contributed by atoms with Gasteiger partial charge in [-0.25, -0.2) is 0 Å². The Kier molecular flexibility index (Phi) is 5.45. The van der Waals surface area contributed by atoms with E-state index >= 15 is 0 Å². The number of likely N-dealkylation sites (tertiary alicyclic amines) is 1. The van der Waals surface area contributed by atoms with E-state index < -0.39 is 0 Å². The van der Waals surface area contributed by atoms with Gasteiger partial charge in [0.05, 0.1) is 7.11 Å². The molecule has 1 fully saturated rings. The molecule has 2 rings (SSSR count). The summed E-state index contributed by atoms with van der Waals surface area (Å²) >= 11 is 3.41. The van der Waals surface area contributed by atoms with E-state index in [0.29, 0.717) is 19.4 Å². The molecule has 1 heterocycles. The molecule has 0 bridgehead atoms. The van der Waals surface area contributed by atoms with Crippen LogP contribution in [0.25, 0.3) is 0 Å². The van der Waals surface area contributed by atoms with Crippen molar-refractivity contribution in [1.82, 2.24) is 10.2 Å². The first-order valence-corrected chi connectivity index (χ1v) is 8.14. The summed E-state index contributed by atoms with van der Waals surface area (Å²) in [6.07, 6.45) is 1.02. The summed E-state index contributed by atoms with van der Waals surface area (Å²) in [5.74, 6) is 0.670. The van der Waals surface area contributed by atoms with Crippen molar-refractivity contribution >= 4 is 27.7 Å². The minimum Gasteiger partial charge on any atom is -0.496 e. The highest BCUT2D eigenvalue weighted by atomic mass is 79.9. The van der Waals surface area contributed by atoms with E-state index in [1.807, 2.05) is 32.0 Å². The predicted molar refractivity (Wildman–Crippen MR) is 87.5 cm³/mol. The van der Waals surface area contributed by atoms with Crippen LogP contribution in [0.15, 0.2) is 22.7 Å². The van der Waals surface area contributed by atoms with Gasteiger partial charge in [-0.05, 0) is 38.5 Å². The lowest BCUT2D eigenvalue weighted by Crippen LogP contribution is -2.47. The van der Waals surface area contributed by atoms with Crippen LogP contribution in [0, 0.1) is 0 Å². The highest BCUT2D eigenvalue weighted by molar-refractivity contribution is 9.10. The first-order chi connectivity index (χ1) is 10.4. The minimum atomic E-state index is -0.370. The standard InChI is InChI=1S/C16H21BrN2O3/c1-10(2)19-13(5-7-15(19)20)16(21)18-9-11-8-12(17)4-6-14(11)22-3/h4,6,8,10,13H,5,7,9H2,1-3H3,(H,18,21)/t13-/m1/s1. The van der Waals surface area contributed by atoms with Crippen molar-refractivity contribution in [3.05, 3.63) is 28.2 Å². The molecule has 1 N–H and O–H groups in total. The molecule has 0 radical (unpaired) electrons. The monoisotopic (exact) mass is 368 g/mol. The second-order valence-electron chi connectivity index (χ2n) is 5.62. The van der Waals surface area contributed by atoms with E-state index in [1.54, 1.807) is 12.0 Å². The summed E-state index contributed by atoms with van der Waals surface area (Å²) in [6, 6.07) is 5.32. The van der Waals surface area contributed by atoms with E-state index in [2.05, 4.69) is 21.2 Å². The largest absolute Gasteiger partial charge is 0.496 e. The Morgan fingerprint density at radius 2 is 2.23 bits per heavy atom. The third-order valence-corrected chi connectivity index (χ3v) is 4.30. The van der Waals surface area contributed by atoms with Gasteiger partial charge in [0.2, 0.25) is 11.8 Å². The second-order valence-corrected chi connectivity index (χ2v) is 6.54. The average molecular weight is 369 g/mol. The zero-order valence-electron chi connectivity index (χ0n) is 13.1. The third-order valence-electron chi connectivity index (χ3n) is 3.81. The Morgan fingerprint density at radius 1 is 1.50 bits per heavy atom. The second kappa shape index (κ2) is 7.13. The number of nitrogens with zero attached hydrogens (tertiary/aromatic N) is 1. The van der Waals surface area contributed by atoms with Gasteiger partial charge in [0, 0.05) is 29.0 Å². The molecule has 22 heavy (non-hydrogen) atoms. The zero-order chi connectivity index (χ0) is 16.3. The van der Waals surface area contributed by atoms with Crippen LogP contribution in [0.3, 0.4) is 0 Å². The van der Waals surface area contributed by atoms with Crippen molar-refractivity contribution in [1.29, 1.82) is 0 Å². The summed E-state index contributed by atoms with van der Waals surface area (Å²) in [5, 5.41) is 2.91. The van der Waals surface area contributed by atoms with Gasteiger partial charge in [-0.1, -0.05) is 15.9 Å². The molecule has 1 atom stereocenters. The van der Waals surface area contributed by atoms with Gasteiger partial charge in [0.15, 0.2) is 0 Å². The molecule has 1 aromatic rings. The van der Waals surface area contributed by atoms with E-state index in [4.69, 9.17) is 4.74 Å². The van der Waals surface area contributed by atoms with Crippen molar-refractivity contribution in [3.63, 3.8) is 0 Å². The maximum atomic E-state index is 12.4. The third kappa shape index (κ3) is 3.61. The normalized spacial score (nSPS) is 18.0. The van der Waals surface area contributed by atoms with Crippen LogP contribution in [0.1, 0.15) is 32.3 Å². The molecule has 0 saturated carbocycles. The molecule has 5 nitrogen and oxygen atoms in total. The van der Waals surface area contributed by atoms with E-state index in [-0.39, 0.29) is 23.9 Å². The van der Waals surface area contributed by atoms with Crippen molar-refractivity contribution < 1.29 is 14.3 Å². The number of carbonyl (C=O) groups excluding carboxylic acids is 2. The first-order valence-electron chi connectivity index (χ1n) is 7.35. The maximum Gasteiger partial charge on any atom is 0.243 e. The molecule has 0 aromatic heterocycles. The number of amides is 2.